The number of carboxylic acid groups (broad SMARTS) is 1. The smallest absolute Gasteiger partial charge is 0.312 e. The molecule has 0 saturated carbocycles. The Morgan fingerprint density at radius 3 is 2.54 bits per heavy atom. The van der Waals surface area contributed by atoms with Crippen molar-refractivity contribution in [3.63, 3.8) is 0 Å². The van der Waals surface area contributed by atoms with Crippen LogP contribution in [0.25, 0.3) is 0 Å². The molecule has 2 N–H and O–H groups in total. The number of benzene rings is 2. The summed E-state index contributed by atoms with van der Waals surface area (Å²) in [4.78, 5) is 37.7. The predicted molar refractivity (Wildman–Crippen MR) is 105 cm³/mol. The molecule has 6 nitrogen and oxygen atoms in total. The largest absolute Gasteiger partial charge is 0.481 e. The molecule has 1 atom stereocenters. The number of fused-ring (bicyclic) bond motifs is 1. The molecule has 1 heterocycles. The van der Waals surface area contributed by atoms with Crippen LogP contribution in [0.2, 0.25) is 0 Å². The lowest BCUT2D eigenvalue weighted by Crippen LogP contribution is -2.45. The number of aliphatic carboxylic acids is 1. The van der Waals surface area contributed by atoms with Crippen LogP contribution < -0.4 is 5.32 Å². The van der Waals surface area contributed by atoms with Crippen molar-refractivity contribution < 1.29 is 19.5 Å². The minimum Gasteiger partial charge on any atom is -0.481 e. The summed E-state index contributed by atoms with van der Waals surface area (Å²) in [5.41, 5.74) is 3.83. The third-order valence-corrected chi connectivity index (χ3v) is 5.04. The van der Waals surface area contributed by atoms with Crippen LogP contribution in [0.3, 0.4) is 0 Å². The van der Waals surface area contributed by atoms with E-state index in [0.29, 0.717) is 19.4 Å². The molecule has 2 amide bonds. The van der Waals surface area contributed by atoms with E-state index in [1.807, 2.05) is 43.3 Å². The Balaban J connectivity index is 1.52. The number of hydrogen-bond acceptors (Lipinski definition) is 3. The van der Waals surface area contributed by atoms with E-state index >= 15 is 0 Å². The van der Waals surface area contributed by atoms with Gasteiger partial charge in [-0.05, 0) is 30.0 Å². The normalized spacial score (nSPS) is 15.6. The van der Waals surface area contributed by atoms with Gasteiger partial charge in [0.05, 0.1) is 12.5 Å². The molecule has 0 radical (unpaired) electrons. The summed E-state index contributed by atoms with van der Waals surface area (Å²) in [5, 5.41) is 12.1. The Hall–Kier alpha value is -3.15. The molecule has 0 aromatic heterocycles. The van der Waals surface area contributed by atoms with Crippen molar-refractivity contribution in [1.29, 1.82) is 0 Å². The molecule has 1 aliphatic rings. The first-order valence-electron chi connectivity index (χ1n) is 9.34. The lowest BCUT2D eigenvalue weighted by Gasteiger charge is -2.32. The Morgan fingerprint density at radius 1 is 1.11 bits per heavy atom. The predicted octanol–water partition coefficient (Wildman–Crippen LogP) is 2.25. The van der Waals surface area contributed by atoms with Crippen LogP contribution in [-0.2, 0) is 27.3 Å². The molecular formula is C22H24N2O4. The molecule has 0 spiro atoms. The number of nitrogens with one attached hydrogen (secondary N) is 1. The molecule has 0 bridgehead atoms. The molecule has 2 aromatic carbocycles. The van der Waals surface area contributed by atoms with Gasteiger partial charge in [0, 0.05) is 19.5 Å². The fourth-order valence-corrected chi connectivity index (χ4v) is 3.40. The van der Waals surface area contributed by atoms with Gasteiger partial charge < -0.3 is 15.3 Å². The molecular weight excluding hydrogens is 356 g/mol. The van der Waals surface area contributed by atoms with Gasteiger partial charge in [-0.25, -0.2) is 0 Å². The molecule has 0 saturated heterocycles. The third-order valence-electron chi connectivity index (χ3n) is 5.04. The van der Waals surface area contributed by atoms with E-state index in [1.54, 1.807) is 12.1 Å². The van der Waals surface area contributed by atoms with Crippen LogP contribution in [0.5, 0.6) is 0 Å². The summed E-state index contributed by atoms with van der Waals surface area (Å²) in [6, 6.07) is 15.3. The first-order chi connectivity index (χ1) is 13.4. The number of aryl methyl sites for hydroxylation is 2. The number of amides is 2. The highest BCUT2D eigenvalue weighted by atomic mass is 16.4. The van der Waals surface area contributed by atoms with Crippen LogP contribution in [0, 0.1) is 6.92 Å². The molecule has 3 rings (SSSR count). The Labute approximate surface area is 164 Å². The van der Waals surface area contributed by atoms with E-state index < -0.39 is 11.9 Å². The second kappa shape index (κ2) is 8.69. The molecule has 0 fully saturated rings. The van der Waals surface area contributed by atoms with Crippen molar-refractivity contribution in [3.8, 4) is 0 Å². The van der Waals surface area contributed by atoms with Crippen molar-refractivity contribution in [2.75, 3.05) is 13.1 Å². The molecule has 0 aliphatic carbocycles. The minimum atomic E-state index is -0.952. The second-order valence-electron chi connectivity index (χ2n) is 7.13. The second-order valence-corrected chi connectivity index (χ2v) is 7.13. The van der Waals surface area contributed by atoms with Crippen LogP contribution in [0.1, 0.15) is 34.6 Å². The number of carbonyl (C=O) groups is 3. The zero-order valence-electron chi connectivity index (χ0n) is 15.9. The van der Waals surface area contributed by atoms with E-state index in [1.165, 1.54) is 10.5 Å². The van der Waals surface area contributed by atoms with E-state index in [-0.39, 0.29) is 24.9 Å². The fourth-order valence-electron chi connectivity index (χ4n) is 3.40. The maximum atomic E-state index is 12.5. The number of rotatable bonds is 6. The van der Waals surface area contributed by atoms with E-state index in [9.17, 15) is 19.5 Å². The zero-order chi connectivity index (χ0) is 20.1. The monoisotopic (exact) mass is 380 g/mol. The van der Waals surface area contributed by atoms with Crippen LogP contribution in [-0.4, -0.2) is 40.9 Å². The van der Waals surface area contributed by atoms with Gasteiger partial charge in [0.1, 0.15) is 0 Å². The van der Waals surface area contributed by atoms with Crippen molar-refractivity contribution in [2.24, 2.45) is 0 Å². The highest BCUT2D eigenvalue weighted by Crippen LogP contribution is 2.28. The number of nitrogens with zero attached hydrogens (tertiary/aromatic N) is 1. The lowest BCUT2D eigenvalue weighted by atomic mass is 9.90. The minimum absolute atomic E-state index is 0.115. The van der Waals surface area contributed by atoms with Gasteiger partial charge in [-0.3, -0.25) is 14.4 Å². The Kier molecular flexibility index (Phi) is 6.09. The van der Waals surface area contributed by atoms with Gasteiger partial charge in [0.25, 0.3) is 0 Å². The average molecular weight is 380 g/mol. The highest BCUT2D eigenvalue weighted by Gasteiger charge is 2.32. The van der Waals surface area contributed by atoms with Gasteiger partial charge in [-0.2, -0.15) is 0 Å². The number of carbonyl (C=O) groups excluding carboxylic acids is 2. The van der Waals surface area contributed by atoms with Crippen LogP contribution in [0.15, 0.2) is 48.5 Å². The van der Waals surface area contributed by atoms with Gasteiger partial charge in [0.15, 0.2) is 0 Å². The third kappa shape index (κ3) is 4.76. The molecule has 28 heavy (non-hydrogen) atoms. The molecule has 1 aliphatic heterocycles. The standard InChI is InChI=1S/C22H24N2O4/c1-15-6-8-16(9-7-15)10-11-20(25)23-12-21(26)24-13-17-4-2-3-5-18(17)19(14-24)22(27)28/h2-9,19H,10-14H2,1H3,(H,23,25)(H,27,28). The number of hydrogen-bond donors (Lipinski definition) is 2. The zero-order valence-corrected chi connectivity index (χ0v) is 15.9. The van der Waals surface area contributed by atoms with Crippen LogP contribution in [0.4, 0.5) is 0 Å². The van der Waals surface area contributed by atoms with Crippen molar-refractivity contribution >= 4 is 17.8 Å². The summed E-state index contributed by atoms with van der Waals surface area (Å²) < 4.78 is 0. The molecule has 1 unspecified atom stereocenters. The van der Waals surface area contributed by atoms with Crippen molar-refractivity contribution in [1.82, 2.24) is 10.2 Å². The van der Waals surface area contributed by atoms with Crippen molar-refractivity contribution in [2.45, 2.75) is 32.2 Å². The van der Waals surface area contributed by atoms with E-state index in [4.69, 9.17) is 0 Å². The first kappa shape index (κ1) is 19.6. The molecule has 6 heteroatoms. The first-order valence-corrected chi connectivity index (χ1v) is 9.34. The SMILES string of the molecule is Cc1ccc(CCC(=O)NCC(=O)N2Cc3ccccc3C(C(=O)O)C2)cc1. The van der Waals surface area contributed by atoms with Crippen LogP contribution >= 0.6 is 0 Å². The van der Waals surface area contributed by atoms with E-state index in [0.717, 1.165) is 16.7 Å². The fraction of sp³-hybridized carbons (Fsp3) is 0.318. The summed E-state index contributed by atoms with van der Waals surface area (Å²) in [6.07, 6.45) is 0.912. The van der Waals surface area contributed by atoms with Gasteiger partial charge >= 0.3 is 5.97 Å². The van der Waals surface area contributed by atoms with Gasteiger partial charge in [-0.1, -0.05) is 54.1 Å². The lowest BCUT2D eigenvalue weighted by molar-refractivity contribution is -0.141. The van der Waals surface area contributed by atoms with Gasteiger partial charge in [0.2, 0.25) is 11.8 Å². The summed E-state index contributed by atoms with van der Waals surface area (Å²) in [6.45, 7) is 2.36. The Bertz CT molecular complexity index is 876. The quantitative estimate of drug-likeness (QED) is 0.805. The summed E-state index contributed by atoms with van der Waals surface area (Å²) in [7, 11) is 0. The molecule has 146 valence electrons. The van der Waals surface area contributed by atoms with Gasteiger partial charge in [-0.15, -0.1) is 0 Å². The maximum absolute atomic E-state index is 12.5. The summed E-state index contributed by atoms with van der Waals surface area (Å²) >= 11 is 0. The molecule has 2 aromatic rings. The maximum Gasteiger partial charge on any atom is 0.312 e. The average Bonchev–Trinajstić information content (AvgIpc) is 2.70. The number of carboxylic acids is 1. The summed E-state index contributed by atoms with van der Waals surface area (Å²) in [5.74, 6) is -2.16. The highest BCUT2D eigenvalue weighted by molar-refractivity contribution is 5.86. The Morgan fingerprint density at radius 2 is 1.82 bits per heavy atom. The van der Waals surface area contributed by atoms with E-state index in [2.05, 4.69) is 5.32 Å². The topological polar surface area (TPSA) is 86.7 Å². The van der Waals surface area contributed by atoms with Crippen molar-refractivity contribution in [3.05, 3.63) is 70.8 Å².